The van der Waals surface area contributed by atoms with E-state index in [0.717, 1.165) is 25.7 Å². The normalized spacial score (nSPS) is 11.8. The van der Waals surface area contributed by atoms with Crippen LogP contribution < -0.4 is 10.6 Å². The number of carbonyl (C=O) groups excluding carboxylic acids is 2. The molecule has 0 bridgehead atoms. The van der Waals surface area contributed by atoms with E-state index in [2.05, 4.69) is 24.5 Å². The molecule has 0 saturated heterocycles. The Balaban J connectivity index is 2.68. The fourth-order valence-electron chi connectivity index (χ4n) is 2.39. The molecule has 0 aliphatic heterocycles. The molecule has 1 aromatic carbocycles. The van der Waals surface area contributed by atoms with Crippen molar-refractivity contribution >= 4 is 23.5 Å². The minimum atomic E-state index is -1.09. The minimum Gasteiger partial charge on any atom is -0.480 e. The molecule has 0 saturated carbocycles. The smallest absolute Gasteiger partial charge is 0.325 e. The highest BCUT2D eigenvalue weighted by molar-refractivity contribution is 5.97. The Kier molecular flexibility index (Phi) is 7.95. The first-order valence-electron chi connectivity index (χ1n) is 8.33. The molecule has 3 N–H and O–H groups in total. The summed E-state index contributed by atoms with van der Waals surface area (Å²) in [5.74, 6) is -1.56. The van der Waals surface area contributed by atoms with Gasteiger partial charge in [-0.3, -0.25) is 14.4 Å². The van der Waals surface area contributed by atoms with E-state index in [-0.39, 0.29) is 11.8 Å². The molecular formula is C18H26N2O4. The minimum absolute atomic E-state index is 0.000564. The number of carboxylic acids is 1. The topological polar surface area (TPSA) is 95.5 Å². The van der Waals surface area contributed by atoms with Crippen LogP contribution in [0.2, 0.25) is 0 Å². The molecule has 0 fully saturated rings. The summed E-state index contributed by atoms with van der Waals surface area (Å²) in [5.41, 5.74) is 0.972. The average Bonchev–Trinajstić information content (AvgIpc) is 2.55. The highest BCUT2D eigenvalue weighted by atomic mass is 16.4. The second-order valence-electron chi connectivity index (χ2n) is 5.87. The van der Waals surface area contributed by atoms with Crippen molar-refractivity contribution in [1.29, 1.82) is 0 Å². The van der Waals surface area contributed by atoms with Gasteiger partial charge < -0.3 is 15.7 Å². The zero-order valence-corrected chi connectivity index (χ0v) is 14.5. The Morgan fingerprint density at radius 2 is 1.58 bits per heavy atom. The molecule has 1 unspecified atom stereocenters. The monoisotopic (exact) mass is 334 g/mol. The van der Waals surface area contributed by atoms with Crippen LogP contribution >= 0.6 is 0 Å². The summed E-state index contributed by atoms with van der Waals surface area (Å²) in [4.78, 5) is 34.9. The number of hydrogen-bond acceptors (Lipinski definition) is 3. The van der Waals surface area contributed by atoms with Gasteiger partial charge in [0.1, 0.15) is 6.04 Å². The van der Waals surface area contributed by atoms with Crippen molar-refractivity contribution in [3.63, 3.8) is 0 Å². The summed E-state index contributed by atoms with van der Waals surface area (Å²) >= 11 is 0. The summed E-state index contributed by atoms with van der Waals surface area (Å²) < 4.78 is 0. The van der Waals surface area contributed by atoms with Crippen LogP contribution in [0.5, 0.6) is 0 Å². The number of anilines is 1. The first-order chi connectivity index (χ1) is 11.4. The van der Waals surface area contributed by atoms with Gasteiger partial charge in [-0.25, -0.2) is 0 Å². The average molecular weight is 334 g/mol. The molecular weight excluding hydrogens is 308 g/mol. The standard InChI is InChI=1S/C18H26N2O4/c1-4-6-13(7-5-2)17(22)20-15-10-8-14(9-11-15)16(21)19-12(3)18(23)24/h8-13H,4-7H2,1-3H3,(H,19,21)(H,20,22)(H,23,24). The number of carboxylic acid groups (broad SMARTS) is 1. The van der Waals surface area contributed by atoms with Crippen LogP contribution in [-0.2, 0) is 9.59 Å². The van der Waals surface area contributed by atoms with Gasteiger partial charge in [0.05, 0.1) is 0 Å². The highest BCUT2D eigenvalue weighted by Crippen LogP contribution is 2.17. The molecule has 0 aromatic heterocycles. The van der Waals surface area contributed by atoms with Crippen LogP contribution in [0.25, 0.3) is 0 Å². The van der Waals surface area contributed by atoms with Gasteiger partial charge in [0.15, 0.2) is 0 Å². The number of aliphatic carboxylic acids is 1. The Hall–Kier alpha value is -2.37. The first-order valence-corrected chi connectivity index (χ1v) is 8.33. The summed E-state index contributed by atoms with van der Waals surface area (Å²) in [6.45, 7) is 5.51. The molecule has 0 aliphatic rings. The second-order valence-corrected chi connectivity index (χ2v) is 5.87. The second kappa shape index (κ2) is 9.70. The van der Waals surface area contributed by atoms with Crippen molar-refractivity contribution in [3.05, 3.63) is 29.8 Å². The molecule has 24 heavy (non-hydrogen) atoms. The predicted molar refractivity (Wildman–Crippen MR) is 92.9 cm³/mol. The molecule has 0 radical (unpaired) electrons. The van der Waals surface area contributed by atoms with E-state index in [1.54, 1.807) is 24.3 Å². The summed E-state index contributed by atoms with van der Waals surface area (Å²) in [6.07, 6.45) is 3.62. The Morgan fingerprint density at radius 1 is 1.04 bits per heavy atom. The lowest BCUT2D eigenvalue weighted by molar-refractivity contribution is -0.138. The van der Waals surface area contributed by atoms with Crippen molar-refractivity contribution in [2.45, 2.75) is 52.5 Å². The Labute approximate surface area is 142 Å². The van der Waals surface area contributed by atoms with E-state index in [1.165, 1.54) is 6.92 Å². The van der Waals surface area contributed by atoms with Crippen molar-refractivity contribution in [3.8, 4) is 0 Å². The lowest BCUT2D eigenvalue weighted by Crippen LogP contribution is -2.38. The van der Waals surface area contributed by atoms with Crippen LogP contribution in [0.4, 0.5) is 5.69 Å². The fraction of sp³-hybridized carbons (Fsp3) is 0.500. The molecule has 0 heterocycles. The van der Waals surface area contributed by atoms with Crippen LogP contribution in [0.1, 0.15) is 56.8 Å². The Bertz CT molecular complexity index is 563. The zero-order chi connectivity index (χ0) is 18.1. The van der Waals surface area contributed by atoms with E-state index >= 15 is 0 Å². The van der Waals surface area contributed by atoms with Crippen molar-refractivity contribution in [1.82, 2.24) is 5.32 Å². The van der Waals surface area contributed by atoms with E-state index in [4.69, 9.17) is 5.11 Å². The molecule has 2 amide bonds. The van der Waals surface area contributed by atoms with Crippen molar-refractivity contribution < 1.29 is 19.5 Å². The first kappa shape index (κ1) is 19.7. The quantitative estimate of drug-likeness (QED) is 0.647. The van der Waals surface area contributed by atoms with Crippen molar-refractivity contribution in [2.24, 2.45) is 5.92 Å². The highest BCUT2D eigenvalue weighted by Gasteiger charge is 2.17. The number of carbonyl (C=O) groups is 3. The van der Waals surface area contributed by atoms with Crippen LogP contribution in [0, 0.1) is 5.92 Å². The molecule has 0 aliphatic carbocycles. The number of hydrogen-bond donors (Lipinski definition) is 3. The zero-order valence-electron chi connectivity index (χ0n) is 14.5. The molecule has 6 nitrogen and oxygen atoms in total. The van der Waals surface area contributed by atoms with Gasteiger partial charge in [-0.05, 0) is 44.0 Å². The number of rotatable bonds is 9. The van der Waals surface area contributed by atoms with Gasteiger partial charge in [0, 0.05) is 17.2 Å². The predicted octanol–water partition coefficient (Wildman–Crippen LogP) is 3.04. The summed E-state index contributed by atoms with van der Waals surface area (Å²) in [6, 6.07) is 5.46. The maximum atomic E-state index is 12.3. The third-order valence-electron chi connectivity index (χ3n) is 3.78. The van der Waals surface area contributed by atoms with E-state index < -0.39 is 17.9 Å². The lowest BCUT2D eigenvalue weighted by Gasteiger charge is -2.15. The number of amides is 2. The van der Waals surface area contributed by atoms with Crippen molar-refractivity contribution in [2.75, 3.05) is 5.32 Å². The van der Waals surface area contributed by atoms with Gasteiger partial charge in [-0.2, -0.15) is 0 Å². The maximum Gasteiger partial charge on any atom is 0.325 e. The largest absolute Gasteiger partial charge is 0.480 e. The molecule has 132 valence electrons. The van der Waals surface area contributed by atoms with Gasteiger partial charge in [-0.15, -0.1) is 0 Å². The van der Waals surface area contributed by atoms with Gasteiger partial charge in [0.2, 0.25) is 5.91 Å². The number of nitrogens with one attached hydrogen (secondary N) is 2. The van der Waals surface area contributed by atoms with Crippen LogP contribution in [0.3, 0.4) is 0 Å². The molecule has 6 heteroatoms. The SMILES string of the molecule is CCCC(CCC)C(=O)Nc1ccc(C(=O)NC(C)C(=O)O)cc1. The summed E-state index contributed by atoms with van der Waals surface area (Å²) in [7, 11) is 0. The third-order valence-corrected chi connectivity index (χ3v) is 3.78. The van der Waals surface area contributed by atoms with Gasteiger partial charge >= 0.3 is 5.97 Å². The van der Waals surface area contributed by atoms with E-state index in [0.29, 0.717) is 11.3 Å². The molecule has 0 spiro atoms. The molecule has 1 rings (SSSR count). The summed E-state index contributed by atoms with van der Waals surface area (Å²) in [5, 5.41) is 14.1. The van der Waals surface area contributed by atoms with Crippen LogP contribution in [0.15, 0.2) is 24.3 Å². The van der Waals surface area contributed by atoms with E-state index in [9.17, 15) is 14.4 Å². The fourth-order valence-corrected chi connectivity index (χ4v) is 2.39. The lowest BCUT2D eigenvalue weighted by atomic mass is 9.97. The molecule has 1 aromatic rings. The van der Waals surface area contributed by atoms with Crippen LogP contribution in [-0.4, -0.2) is 28.9 Å². The molecule has 1 atom stereocenters. The van der Waals surface area contributed by atoms with E-state index in [1.807, 2.05) is 0 Å². The van der Waals surface area contributed by atoms with Gasteiger partial charge in [-0.1, -0.05) is 26.7 Å². The number of benzene rings is 1. The maximum absolute atomic E-state index is 12.3. The van der Waals surface area contributed by atoms with Gasteiger partial charge in [0.25, 0.3) is 5.91 Å². The Morgan fingerprint density at radius 3 is 2.04 bits per heavy atom. The third kappa shape index (κ3) is 6.02.